The van der Waals surface area contributed by atoms with Gasteiger partial charge in [0.15, 0.2) is 11.5 Å². The fraction of sp³-hybridized carbons (Fsp3) is 0.611. The van der Waals surface area contributed by atoms with E-state index in [4.69, 9.17) is 9.57 Å². The van der Waals surface area contributed by atoms with Crippen LogP contribution in [-0.2, 0) is 4.84 Å². The lowest BCUT2D eigenvalue weighted by molar-refractivity contribution is -0.0284. The standard InChI is InChI=1S/C18H27NO3/c1-4-7-11-21-17-12-14(8-9-16(17)20)15-13-18(6-3,10-5-2)22-19-15/h8-9,12,20H,4-7,10-11,13H2,1-3H3. The van der Waals surface area contributed by atoms with Crippen molar-refractivity contribution in [1.29, 1.82) is 0 Å². The van der Waals surface area contributed by atoms with Gasteiger partial charge in [-0.05, 0) is 37.5 Å². The number of hydrogen-bond donors (Lipinski definition) is 1. The molecule has 0 radical (unpaired) electrons. The molecule has 1 unspecified atom stereocenters. The van der Waals surface area contributed by atoms with Crippen molar-refractivity contribution in [3.8, 4) is 11.5 Å². The molecule has 22 heavy (non-hydrogen) atoms. The molecule has 0 fully saturated rings. The summed E-state index contributed by atoms with van der Waals surface area (Å²) in [6.45, 7) is 7.04. The van der Waals surface area contributed by atoms with E-state index in [1.165, 1.54) is 0 Å². The maximum absolute atomic E-state index is 9.91. The summed E-state index contributed by atoms with van der Waals surface area (Å²) in [4.78, 5) is 5.75. The fourth-order valence-corrected chi connectivity index (χ4v) is 2.77. The second-order valence-electron chi connectivity index (χ2n) is 5.98. The topological polar surface area (TPSA) is 51.0 Å². The van der Waals surface area contributed by atoms with Crippen molar-refractivity contribution in [3.63, 3.8) is 0 Å². The Kier molecular flexibility index (Phi) is 5.69. The molecule has 2 rings (SSSR count). The molecule has 0 aliphatic carbocycles. The van der Waals surface area contributed by atoms with Gasteiger partial charge in [0, 0.05) is 12.0 Å². The fourth-order valence-electron chi connectivity index (χ4n) is 2.77. The third kappa shape index (κ3) is 3.73. The van der Waals surface area contributed by atoms with E-state index in [2.05, 4.69) is 25.9 Å². The zero-order chi connectivity index (χ0) is 16.0. The maximum atomic E-state index is 9.91. The number of rotatable bonds is 8. The van der Waals surface area contributed by atoms with Crippen LogP contribution in [0.5, 0.6) is 11.5 Å². The Morgan fingerprint density at radius 2 is 2.09 bits per heavy atom. The molecule has 1 aromatic rings. The first-order valence-corrected chi connectivity index (χ1v) is 8.35. The van der Waals surface area contributed by atoms with E-state index in [0.29, 0.717) is 12.4 Å². The Labute approximate surface area is 133 Å². The number of phenols is 1. The predicted octanol–water partition coefficient (Wildman–Crippen LogP) is 4.64. The number of aromatic hydroxyl groups is 1. The molecule has 1 N–H and O–H groups in total. The largest absolute Gasteiger partial charge is 0.504 e. The molecule has 0 spiro atoms. The van der Waals surface area contributed by atoms with Gasteiger partial charge in [0.2, 0.25) is 0 Å². The van der Waals surface area contributed by atoms with Crippen LogP contribution in [0.2, 0.25) is 0 Å². The van der Waals surface area contributed by atoms with Crippen LogP contribution in [0.25, 0.3) is 0 Å². The molecule has 1 aromatic carbocycles. The molecule has 1 atom stereocenters. The predicted molar refractivity (Wildman–Crippen MR) is 88.7 cm³/mol. The van der Waals surface area contributed by atoms with E-state index in [1.807, 2.05) is 12.1 Å². The van der Waals surface area contributed by atoms with Crippen molar-refractivity contribution in [2.45, 2.75) is 64.9 Å². The number of unbranched alkanes of at least 4 members (excludes halogenated alkanes) is 1. The first-order valence-electron chi connectivity index (χ1n) is 8.35. The lowest BCUT2D eigenvalue weighted by Gasteiger charge is -2.24. The van der Waals surface area contributed by atoms with Crippen LogP contribution in [-0.4, -0.2) is 23.0 Å². The summed E-state index contributed by atoms with van der Waals surface area (Å²) in [6.07, 6.45) is 5.90. The summed E-state index contributed by atoms with van der Waals surface area (Å²) < 4.78 is 5.66. The van der Waals surface area contributed by atoms with E-state index in [1.54, 1.807) is 6.07 Å². The van der Waals surface area contributed by atoms with Crippen LogP contribution in [0, 0.1) is 0 Å². The third-order valence-corrected chi connectivity index (χ3v) is 4.24. The van der Waals surface area contributed by atoms with Crippen molar-refractivity contribution < 1.29 is 14.7 Å². The molecule has 122 valence electrons. The molecule has 0 aromatic heterocycles. The van der Waals surface area contributed by atoms with Crippen molar-refractivity contribution in [1.82, 2.24) is 0 Å². The first kappa shape index (κ1) is 16.7. The van der Waals surface area contributed by atoms with Gasteiger partial charge in [-0.3, -0.25) is 0 Å². The molecule has 0 bridgehead atoms. The van der Waals surface area contributed by atoms with Crippen molar-refractivity contribution >= 4 is 5.71 Å². The Balaban J connectivity index is 2.11. The highest BCUT2D eigenvalue weighted by atomic mass is 16.7. The van der Waals surface area contributed by atoms with Gasteiger partial charge < -0.3 is 14.7 Å². The Bertz CT molecular complexity index is 527. The van der Waals surface area contributed by atoms with E-state index < -0.39 is 0 Å². The molecular formula is C18H27NO3. The van der Waals surface area contributed by atoms with Crippen molar-refractivity contribution in [2.24, 2.45) is 5.16 Å². The lowest BCUT2D eigenvalue weighted by Crippen LogP contribution is -2.27. The summed E-state index contributed by atoms with van der Waals surface area (Å²) in [5, 5.41) is 14.2. The average molecular weight is 305 g/mol. The summed E-state index contributed by atoms with van der Waals surface area (Å²) >= 11 is 0. The van der Waals surface area contributed by atoms with Crippen LogP contribution < -0.4 is 4.74 Å². The minimum absolute atomic E-state index is 0.162. The lowest BCUT2D eigenvalue weighted by atomic mass is 9.88. The molecule has 1 aliphatic rings. The molecule has 0 saturated heterocycles. The number of nitrogens with zero attached hydrogens (tertiary/aromatic N) is 1. The monoisotopic (exact) mass is 305 g/mol. The SMILES string of the molecule is CCCCOc1cc(C2=NOC(CC)(CCC)C2)ccc1O. The van der Waals surface area contributed by atoms with Gasteiger partial charge in [0.1, 0.15) is 5.60 Å². The normalized spacial score (nSPS) is 20.6. The van der Waals surface area contributed by atoms with Crippen LogP contribution in [0.4, 0.5) is 0 Å². The van der Waals surface area contributed by atoms with E-state index in [0.717, 1.165) is 49.8 Å². The van der Waals surface area contributed by atoms with Crippen LogP contribution >= 0.6 is 0 Å². The molecule has 1 heterocycles. The summed E-state index contributed by atoms with van der Waals surface area (Å²) in [5.74, 6) is 0.702. The van der Waals surface area contributed by atoms with E-state index >= 15 is 0 Å². The minimum Gasteiger partial charge on any atom is -0.504 e. The molecule has 1 aliphatic heterocycles. The Hall–Kier alpha value is -1.71. The van der Waals surface area contributed by atoms with E-state index in [9.17, 15) is 5.11 Å². The first-order chi connectivity index (χ1) is 10.6. The van der Waals surface area contributed by atoms with Gasteiger partial charge in [-0.2, -0.15) is 0 Å². The average Bonchev–Trinajstić information content (AvgIpc) is 2.95. The summed E-state index contributed by atoms with van der Waals surface area (Å²) in [7, 11) is 0. The van der Waals surface area contributed by atoms with Gasteiger partial charge in [-0.25, -0.2) is 0 Å². The molecule has 0 saturated carbocycles. The van der Waals surface area contributed by atoms with Gasteiger partial charge in [-0.15, -0.1) is 0 Å². The quantitative estimate of drug-likeness (QED) is 0.712. The summed E-state index contributed by atoms with van der Waals surface area (Å²) in [5.41, 5.74) is 1.75. The number of phenolic OH excluding ortho intramolecular Hbond substituents is 1. The number of benzene rings is 1. The number of oxime groups is 1. The number of hydrogen-bond acceptors (Lipinski definition) is 4. The molecule has 0 amide bonds. The van der Waals surface area contributed by atoms with Gasteiger partial charge in [-0.1, -0.05) is 38.8 Å². The number of ether oxygens (including phenoxy) is 1. The van der Waals surface area contributed by atoms with Gasteiger partial charge in [0.05, 0.1) is 12.3 Å². The van der Waals surface area contributed by atoms with Crippen LogP contribution in [0.1, 0.15) is 64.9 Å². The zero-order valence-electron chi connectivity index (χ0n) is 13.9. The maximum Gasteiger partial charge on any atom is 0.161 e. The van der Waals surface area contributed by atoms with Crippen molar-refractivity contribution in [2.75, 3.05) is 6.61 Å². The highest BCUT2D eigenvalue weighted by Crippen LogP contribution is 2.35. The second kappa shape index (κ2) is 7.52. The van der Waals surface area contributed by atoms with Crippen LogP contribution in [0.15, 0.2) is 23.4 Å². The minimum atomic E-state index is -0.162. The zero-order valence-corrected chi connectivity index (χ0v) is 13.9. The second-order valence-corrected chi connectivity index (χ2v) is 5.98. The molecular weight excluding hydrogens is 278 g/mol. The van der Waals surface area contributed by atoms with Crippen molar-refractivity contribution in [3.05, 3.63) is 23.8 Å². The summed E-state index contributed by atoms with van der Waals surface area (Å²) in [6, 6.07) is 5.41. The highest BCUT2D eigenvalue weighted by molar-refractivity contribution is 6.02. The highest BCUT2D eigenvalue weighted by Gasteiger charge is 2.37. The van der Waals surface area contributed by atoms with E-state index in [-0.39, 0.29) is 11.4 Å². The third-order valence-electron chi connectivity index (χ3n) is 4.24. The van der Waals surface area contributed by atoms with Gasteiger partial charge in [0.25, 0.3) is 0 Å². The molecule has 4 heteroatoms. The van der Waals surface area contributed by atoms with Gasteiger partial charge >= 0.3 is 0 Å². The Morgan fingerprint density at radius 3 is 2.77 bits per heavy atom. The Morgan fingerprint density at radius 1 is 1.27 bits per heavy atom. The van der Waals surface area contributed by atoms with Crippen LogP contribution in [0.3, 0.4) is 0 Å². The smallest absolute Gasteiger partial charge is 0.161 e. The molecule has 4 nitrogen and oxygen atoms in total.